The standard InChI is InChI=1S/C16H25N3O2/c1-3-4-10-18(12-14-6-5-9-17-14)15-7-8-16(19(20)21)13(2)11-15/h7-8,11,14,17H,3-6,9-10,12H2,1-2H3. The fraction of sp³-hybridized carbons (Fsp3) is 0.625. The van der Waals surface area contributed by atoms with Crippen LogP contribution in [0.15, 0.2) is 18.2 Å². The first kappa shape index (κ1) is 15.8. The fourth-order valence-electron chi connectivity index (χ4n) is 2.89. The molecule has 1 saturated heterocycles. The average Bonchev–Trinajstić information content (AvgIpc) is 2.95. The Hall–Kier alpha value is -1.62. The molecule has 0 saturated carbocycles. The van der Waals surface area contributed by atoms with Gasteiger partial charge in [0.15, 0.2) is 0 Å². The van der Waals surface area contributed by atoms with Gasteiger partial charge in [0.1, 0.15) is 0 Å². The zero-order valence-corrected chi connectivity index (χ0v) is 13.0. The van der Waals surface area contributed by atoms with E-state index < -0.39 is 0 Å². The predicted octanol–water partition coefficient (Wildman–Crippen LogP) is 3.26. The quantitative estimate of drug-likeness (QED) is 0.619. The SMILES string of the molecule is CCCCN(CC1CCCN1)c1ccc([N+](=O)[O-])c(C)c1. The number of nitro benzene ring substituents is 1. The summed E-state index contributed by atoms with van der Waals surface area (Å²) in [4.78, 5) is 13.0. The van der Waals surface area contributed by atoms with E-state index >= 15 is 0 Å². The van der Waals surface area contributed by atoms with Crippen LogP contribution in [0.2, 0.25) is 0 Å². The lowest BCUT2D eigenvalue weighted by atomic mass is 10.1. The molecule has 1 atom stereocenters. The van der Waals surface area contributed by atoms with Gasteiger partial charge < -0.3 is 10.2 Å². The van der Waals surface area contributed by atoms with Crippen molar-refractivity contribution < 1.29 is 4.92 Å². The molecule has 0 spiro atoms. The van der Waals surface area contributed by atoms with Crippen LogP contribution < -0.4 is 10.2 Å². The molecule has 1 aliphatic heterocycles. The van der Waals surface area contributed by atoms with Crippen molar-refractivity contribution in [3.05, 3.63) is 33.9 Å². The molecule has 0 aromatic heterocycles. The van der Waals surface area contributed by atoms with Gasteiger partial charge in [-0.3, -0.25) is 10.1 Å². The van der Waals surface area contributed by atoms with Crippen LogP contribution in [-0.4, -0.2) is 30.6 Å². The molecule has 1 N–H and O–H groups in total. The Morgan fingerprint density at radius 3 is 2.86 bits per heavy atom. The molecule has 1 unspecified atom stereocenters. The summed E-state index contributed by atoms with van der Waals surface area (Å²) in [6.45, 7) is 7.09. The Labute approximate surface area is 126 Å². The first-order valence-corrected chi connectivity index (χ1v) is 7.85. The molecule has 5 heteroatoms. The van der Waals surface area contributed by atoms with Crippen LogP contribution in [0.25, 0.3) is 0 Å². The van der Waals surface area contributed by atoms with E-state index in [9.17, 15) is 10.1 Å². The Bertz CT molecular complexity index is 484. The van der Waals surface area contributed by atoms with E-state index in [1.165, 1.54) is 12.8 Å². The number of benzene rings is 1. The van der Waals surface area contributed by atoms with Gasteiger partial charge in [0.25, 0.3) is 5.69 Å². The Morgan fingerprint density at radius 2 is 2.29 bits per heavy atom. The summed E-state index contributed by atoms with van der Waals surface area (Å²) in [5.74, 6) is 0. The average molecular weight is 291 g/mol. The molecule has 0 radical (unpaired) electrons. The Balaban J connectivity index is 2.14. The minimum Gasteiger partial charge on any atom is -0.370 e. The second-order valence-electron chi connectivity index (χ2n) is 5.82. The minimum atomic E-state index is -0.311. The number of anilines is 1. The molecule has 1 aromatic rings. The maximum absolute atomic E-state index is 10.9. The lowest BCUT2D eigenvalue weighted by molar-refractivity contribution is -0.385. The summed E-state index contributed by atoms with van der Waals surface area (Å²) in [5, 5.41) is 14.5. The normalized spacial score (nSPS) is 17.9. The van der Waals surface area contributed by atoms with E-state index in [4.69, 9.17) is 0 Å². The lowest BCUT2D eigenvalue weighted by Gasteiger charge is -2.28. The van der Waals surface area contributed by atoms with Crippen molar-refractivity contribution in [2.45, 2.75) is 45.6 Å². The lowest BCUT2D eigenvalue weighted by Crippen LogP contribution is -2.38. The zero-order valence-electron chi connectivity index (χ0n) is 13.0. The van der Waals surface area contributed by atoms with Crippen molar-refractivity contribution in [2.75, 3.05) is 24.5 Å². The summed E-state index contributed by atoms with van der Waals surface area (Å²) < 4.78 is 0. The second-order valence-corrected chi connectivity index (χ2v) is 5.82. The molecule has 116 valence electrons. The first-order chi connectivity index (χ1) is 10.1. The number of nitro groups is 1. The van der Waals surface area contributed by atoms with E-state index in [-0.39, 0.29) is 10.6 Å². The van der Waals surface area contributed by atoms with Crippen LogP contribution in [0.1, 0.15) is 38.2 Å². The second kappa shape index (κ2) is 7.41. The van der Waals surface area contributed by atoms with E-state index in [1.807, 2.05) is 19.1 Å². The number of rotatable bonds is 7. The molecule has 5 nitrogen and oxygen atoms in total. The highest BCUT2D eigenvalue weighted by Gasteiger charge is 2.19. The van der Waals surface area contributed by atoms with Crippen LogP contribution in [-0.2, 0) is 0 Å². The number of hydrogen-bond acceptors (Lipinski definition) is 4. The summed E-state index contributed by atoms with van der Waals surface area (Å²) in [5.41, 5.74) is 2.03. The molecule has 1 aromatic carbocycles. The third-order valence-electron chi connectivity index (χ3n) is 4.13. The van der Waals surface area contributed by atoms with Gasteiger partial charge in [-0.05, 0) is 44.9 Å². The van der Waals surface area contributed by atoms with E-state index in [1.54, 1.807) is 6.07 Å². The van der Waals surface area contributed by atoms with Gasteiger partial charge >= 0.3 is 0 Å². The van der Waals surface area contributed by atoms with Gasteiger partial charge in [-0.2, -0.15) is 0 Å². The fourth-order valence-corrected chi connectivity index (χ4v) is 2.89. The van der Waals surface area contributed by atoms with Crippen molar-refractivity contribution in [3.63, 3.8) is 0 Å². The largest absolute Gasteiger partial charge is 0.370 e. The van der Waals surface area contributed by atoms with E-state index in [2.05, 4.69) is 17.1 Å². The van der Waals surface area contributed by atoms with Gasteiger partial charge in [-0.25, -0.2) is 0 Å². The van der Waals surface area contributed by atoms with Crippen LogP contribution in [0.4, 0.5) is 11.4 Å². The van der Waals surface area contributed by atoms with Gasteiger partial charge in [0.2, 0.25) is 0 Å². The van der Waals surface area contributed by atoms with Crippen molar-refractivity contribution in [2.24, 2.45) is 0 Å². The van der Waals surface area contributed by atoms with Gasteiger partial charge in [-0.1, -0.05) is 13.3 Å². The highest BCUT2D eigenvalue weighted by molar-refractivity contribution is 5.55. The van der Waals surface area contributed by atoms with Crippen molar-refractivity contribution in [1.29, 1.82) is 0 Å². The molecular formula is C16H25N3O2. The van der Waals surface area contributed by atoms with Crippen molar-refractivity contribution in [3.8, 4) is 0 Å². The molecular weight excluding hydrogens is 266 g/mol. The third-order valence-corrected chi connectivity index (χ3v) is 4.13. The molecule has 21 heavy (non-hydrogen) atoms. The number of hydrogen-bond donors (Lipinski definition) is 1. The molecule has 1 fully saturated rings. The number of nitrogens with one attached hydrogen (secondary N) is 1. The van der Waals surface area contributed by atoms with E-state index in [0.29, 0.717) is 6.04 Å². The molecule has 2 rings (SSSR count). The van der Waals surface area contributed by atoms with Crippen molar-refractivity contribution >= 4 is 11.4 Å². The van der Waals surface area contributed by atoms with Crippen LogP contribution in [0.5, 0.6) is 0 Å². The Kier molecular flexibility index (Phi) is 5.56. The summed E-state index contributed by atoms with van der Waals surface area (Å²) in [6, 6.07) is 6.00. The topological polar surface area (TPSA) is 58.4 Å². The molecule has 1 heterocycles. The number of aryl methyl sites for hydroxylation is 1. The molecule has 0 amide bonds. The number of nitrogens with zero attached hydrogens (tertiary/aromatic N) is 2. The highest BCUT2D eigenvalue weighted by atomic mass is 16.6. The minimum absolute atomic E-state index is 0.202. The van der Waals surface area contributed by atoms with Crippen LogP contribution in [0.3, 0.4) is 0 Å². The van der Waals surface area contributed by atoms with Gasteiger partial charge in [0, 0.05) is 36.4 Å². The molecule has 0 aliphatic carbocycles. The molecule has 0 bridgehead atoms. The molecule has 1 aliphatic rings. The first-order valence-electron chi connectivity index (χ1n) is 7.85. The Morgan fingerprint density at radius 1 is 1.48 bits per heavy atom. The maximum Gasteiger partial charge on any atom is 0.272 e. The monoisotopic (exact) mass is 291 g/mol. The summed E-state index contributed by atoms with van der Waals surface area (Å²) in [6.07, 6.45) is 4.75. The van der Waals surface area contributed by atoms with Gasteiger partial charge in [-0.15, -0.1) is 0 Å². The van der Waals surface area contributed by atoms with Crippen LogP contribution in [0, 0.1) is 17.0 Å². The van der Waals surface area contributed by atoms with Crippen molar-refractivity contribution in [1.82, 2.24) is 5.32 Å². The zero-order chi connectivity index (χ0) is 15.2. The van der Waals surface area contributed by atoms with E-state index in [0.717, 1.165) is 43.7 Å². The summed E-state index contributed by atoms with van der Waals surface area (Å²) in [7, 11) is 0. The maximum atomic E-state index is 10.9. The van der Waals surface area contributed by atoms with Crippen LogP contribution >= 0.6 is 0 Å². The summed E-state index contributed by atoms with van der Waals surface area (Å²) >= 11 is 0. The smallest absolute Gasteiger partial charge is 0.272 e. The van der Waals surface area contributed by atoms with Gasteiger partial charge in [0.05, 0.1) is 4.92 Å². The predicted molar refractivity (Wildman–Crippen MR) is 86.0 cm³/mol. The number of unbranched alkanes of at least 4 members (excludes halogenated alkanes) is 1. The third kappa shape index (κ3) is 4.17. The highest BCUT2D eigenvalue weighted by Crippen LogP contribution is 2.25.